The molecule has 0 aliphatic carbocycles. The standard InChI is InChI=1S/C16H15NO2S2/c1-9(13-14(18)17-15(20)21-13)10-4-5-12-11(8-10)6-7-16(2,3)19-12/h4-8H,1-3H3,(H,17,18,20)/b13-9-. The topological polar surface area (TPSA) is 38.3 Å². The molecule has 0 saturated carbocycles. The summed E-state index contributed by atoms with van der Waals surface area (Å²) in [5, 5.41) is 2.65. The molecule has 1 N–H and O–H groups in total. The minimum atomic E-state index is -0.282. The molecule has 1 amide bonds. The summed E-state index contributed by atoms with van der Waals surface area (Å²) in [5.41, 5.74) is 2.68. The van der Waals surface area contributed by atoms with Crippen LogP contribution in [0.25, 0.3) is 11.6 Å². The normalized spacial score (nSPS) is 21.7. The van der Waals surface area contributed by atoms with Crippen molar-refractivity contribution in [2.75, 3.05) is 0 Å². The van der Waals surface area contributed by atoms with Gasteiger partial charge in [0.05, 0.1) is 4.91 Å². The molecule has 108 valence electrons. The van der Waals surface area contributed by atoms with Crippen LogP contribution in [0.1, 0.15) is 31.9 Å². The number of ether oxygens (including phenoxy) is 1. The van der Waals surface area contributed by atoms with Gasteiger partial charge >= 0.3 is 0 Å². The quantitative estimate of drug-likeness (QED) is 0.632. The van der Waals surface area contributed by atoms with Crippen LogP contribution < -0.4 is 10.1 Å². The fraction of sp³-hybridized carbons (Fsp3) is 0.250. The zero-order valence-electron chi connectivity index (χ0n) is 12.0. The molecular formula is C16H15NO2S2. The zero-order chi connectivity index (χ0) is 15.2. The van der Waals surface area contributed by atoms with E-state index in [1.807, 2.05) is 45.0 Å². The first-order valence-corrected chi connectivity index (χ1v) is 7.85. The third-order valence-electron chi connectivity index (χ3n) is 3.44. The summed E-state index contributed by atoms with van der Waals surface area (Å²) >= 11 is 6.35. The van der Waals surface area contributed by atoms with Gasteiger partial charge in [-0.2, -0.15) is 0 Å². The number of benzene rings is 1. The molecule has 21 heavy (non-hydrogen) atoms. The molecule has 1 saturated heterocycles. The Morgan fingerprint density at radius 2 is 2.14 bits per heavy atom. The van der Waals surface area contributed by atoms with Gasteiger partial charge in [-0.15, -0.1) is 0 Å². The predicted octanol–water partition coefficient (Wildman–Crippen LogP) is 3.75. The number of hydrogen-bond donors (Lipinski definition) is 1. The van der Waals surface area contributed by atoms with Gasteiger partial charge in [0.25, 0.3) is 5.91 Å². The highest BCUT2D eigenvalue weighted by Crippen LogP contribution is 2.36. The van der Waals surface area contributed by atoms with E-state index in [-0.39, 0.29) is 11.5 Å². The van der Waals surface area contributed by atoms with Gasteiger partial charge in [-0.1, -0.05) is 36.1 Å². The van der Waals surface area contributed by atoms with Crippen LogP contribution in [0.5, 0.6) is 5.75 Å². The van der Waals surface area contributed by atoms with Crippen molar-refractivity contribution in [1.82, 2.24) is 5.32 Å². The Bertz CT molecular complexity index is 717. The van der Waals surface area contributed by atoms with Gasteiger partial charge in [0.1, 0.15) is 15.7 Å². The molecule has 0 aromatic heterocycles. The van der Waals surface area contributed by atoms with Crippen molar-refractivity contribution in [3.05, 3.63) is 40.3 Å². The summed E-state index contributed by atoms with van der Waals surface area (Å²) in [5.74, 6) is 0.747. The summed E-state index contributed by atoms with van der Waals surface area (Å²) in [7, 11) is 0. The number of carbonyl (C=O) groups excluding carboxylic acids is 1. The smallest absolute Gasteiger partial charge is 0.263 e. The molecular weight excluding hydrogens is 302 g/mol. The van der Waals surface area contributed by atoms with E-state index in [1.54, 1.807) is 0 Å². The van der Waals surface area contributed by atoms with Crippen LogP contribution >= 0.6 is 24.0 Å². The van der Waals surface area contributed by atoms with Crippen molar-refractivity contribution in [2.24, 2.45) is 0 Å². The SMILES string of the molecule is C/C(=C1/SC(=S)NC1=O)c1ccc2c(c1)C=CC(C)(C)O2. The number of rotatable bonds is 1. The molecule has 2 aliphatic rings. The monoisotopic (exact) mass is 317 g/mol. The zero-order valence-corrected chi connectivity index (χ0v) is 13.7. The maximum Gasteiger partial charge on any atom is 0.263 e. The van der Waals surface area contributed by atoms with Crippen molar-refractivity contribution in [3.8, 4) is 5.75 Å². The average molecular weight is 317 g/mol. The van der Waals surface area contributed by atoms with Crippen LogP contribution in [0.2, 0.25) is 0 Å². The number of hydrogen-bond acceptors (Lipinski definition) is 4. The van der Waals surface area contributed by atoms with E-state index in [2.05, 4.69) is 11.4 Å². The van der Waals surface area contributed by atoms with Crippen molar-refractivity contribution >= 4 is 45.9 Å². The first kappa shape index (κ1) is 14.4. The number of carbonyl (C=O) groups is 1. The van der Waals surface area contributed by atoms with Crippen molar-refractivity contribution in [2.45, 2.75) is 26.4 Å². The lowest BCUT2D eigenvalue weighted by molar-refractivity contribution is -0.115. The average Bonchev–Trinajstić information content (AvgIpc) is 2.75. The molecule has 0 radical (unpaired) electrons. The first-order valence-electron chi connectivity index (χ1n) is 6.62. The molecule has 2 heterocycles. The molecule has 1 aromatic rings. The predicted molar refractivity (Wildman–Crippen MR) is 91.1 cm³/mol. The summed E-state index contributed by atoms with van der Waals surface area (Å²) in [6.07, 6.45) is 4.10. The molecule has 0 spiro atoms. The molecule has 0 atom stereocenters. The molecule has 0 unspecified atom stereocenters. The molecule has 3 rings (SSSR count). The molecule has 2 aliphatic heterocycles. The second-order valence-electron chi connectivity index (χ2n) is 5.59. The number of thiocarbonyl (C=S) groups is 1. The van der Waals surface area contributed by atoms with E-state index in [9.17, 15) is 4.79 Å². The largest absolute Gasteiger partial charge is 0.483 e. The lowest BCUT2D eigenvalue weighted by Gasteiger charge is -2.28. The second kappa shape index (κ2) is 5.00. The Kier molecular flexibility index (Phi) is 3.42. The minimum absolute atomic E-state index is 0.117. The van der Waals surface area contributed by atoms with Gasteiger partial charge < -0.3 is 10.1 Å². The third kappa shape index (κ3) is 2.76. The van der Waals surface area contributed by atoms with E-state index < -0.39 is 0 Å². The molecule has 1 aromatic carbocycles. The summed E-state index contributed by atoms with van der Waals surface area (Å²) in [4.78, 5) is 12.5. The summed E-state index contributed by atoms with van der Waals surface area (Å²) in [6, 6.07) is 5.97. The summed E-state index contributed by atoms with van der Waals surface area (Å²) < 4.78 is 6.42. The fourth-order valence-electron chi connectivity index (χ4n) is 2.30. The van der Waals surface area contributed by atoms with E-state index >= 15 is 0 Å². The first-order chi connectivity index (χ1) is 9.85. The van der Waals surface area contributed by atoms with Gasteiger partial charge in [-0.05, 0) is 50.1 Å². The highest BCUT2D eigenvalue weighted by atomic mass is 32.2. The van der Waals surface area contributed by atoms with Gasteiger partial charge in [0.2, 0.25) is 0 Å². The molecule has 5 heteroatoms. The van der Waals surface area contributed by atoms with E-state index in [0.29, 0.717) is 9.23 Å². The minimum Gasteiger partial charge on any atom is -0.483 e. The third-order valence-corrected chi connectivity index (χ3v) is 4.77. The number of allylic oxidation sites excluding steroid dienone is 1. The van der Waals surface area contributed by atoms with Crippen LogP contribution in [0, 0.1) is 0 Å². The Morgan fingerprint density at radius 3 is 2.81 bits per heavy atom. The number of thioether (sulfide) groups is 1. The van der Waals surface area contributed by atoms with E-state index in [0.717, 1.165) is 22.4 Å². The van der Waals surface area contributed by atoms with Crippen molar-refractivity contribution < 1.29 is 9.53 Å². The van der Waals surface area contributed by atoms with Crippen molar-refractivity contribution in [3.63, 3.8) is 0 Å². The number of fused-ring (bicyclic) bond motifs is 1. The van der Waals surface area contributed by atoms with E-state index in [4.69, 9.17) is 17.0 Å². The molecule has 1 fully saturated rings. The highest BCUT2D eigenvalue weighted by molar-refractivity contribution is 8.26. The van der Waals surface area contributed by atoms with Crippen LogP contribution in [0.4, 0.5) is 0 Å². The Balaban J connectivity index is 2.01. The van der Waals surface area contributed by atoms with Crippen molar-refractivity contribution in [1.29, 1.82) is 0 Å². The Morgan fingerprint density at radius 1 is 1.38 bits per heavy atom. The second-order valence-corrected chi connectivity index (χ2v) is 7.28. The lowest BCUT2D eigenvalue weighted by Crippen LogP contribution is -2.27. The van der Waals surface area contributed by atoms with Gasteiger partial charge in [0.15, 0.2) is 0 Å². The highest BCUT2D eigenvalue weighted by Gasteiger charge is 2.26. The van der Waals surface area contributed by atoms with Gasteiger partial charge in [0, 0.05) is 5.56 Å². The molecule has 0 bridgehead atoms. The lowest BCUT2D eigenvalue weighted by atomic mass is 9.98. The summed E-state index contributed by atoms with van der Waals surface area (Å²) in [6.45, 7) is 5.98. The van der Waals surface area contributed by atoms with Gasteiger partial charge in [-0.3, -0.25) is 4.79 Å². The molecule has 3 nitrogen and oxygen atoms in total. The van der Waals surface area contributed by atoms with Crippen LogP contribution in [-0.4, -0.2) is 15.8 Å². The van der Waals surface area contributed by atoms with Crippen LogP contribution in [0.15, 0.2) is 29.2 Å². The Hall–Kier alpha value is -1.59. The van der Waals surface area contributed by atoms with E-state index in [1.165, 1.54) is 11.8 Å². The fourth-order valence-corrected chi connectivity index (χ4v) is 3.39. The maximum absolute atomic E-state index is 11.9. The van der Waals surface area contributed by atoms with Crippen LogP contribution in [0.3, 0.4) is 0 Å². The van der Waals surface area contributed by atoms with Crippen LogP contribution in [-0.2, 0) is 4.79 Å². The Labute approximate surface area is 133 Å². The van der Waals surface area contributed by atoms with Gasteiger partial charge in [-0.25, -0.2) is 0 Å². The maximum atomic E-state index is 11.9. The number of amides is 1. The number of nitrogens with one attached hydrogen (secondary N) is 1.